The largest absolute Gasteiger partial charge is 0.393 e. The van der Waals surface area contributed by atoms with Crippen molar-refractivity contribution in [2.75, 3.05) is 0 Å². The van der Waals surface area contributed by atoms with Crippen molar-refractivity contribution in [3.05, 3.63) is 114 Å². The summed E-state index contributed by atoms with van der Waals surface area (Å²) >= 11 is 0. The smallest absolute Gasteiger partial charge is 0.211 e. The van der Waals surface area contributed by atoms with E-state index < -0.39 is 6.10 Å². The third-order valence-corrected chi connectivity index (χ3v) is 6.62. The number of nitrogens with one attached hydrogen (secondary N) is 1. The standard InChI is InChI=1S/C28H34FNO.C6H11NO.C3H6/c1-5-11-24(31)18-19-30-27(20(3)4)25(6-2)26(21-12-9-7-8-10-13-21)28(30)22-14-16-23(29)17-15-22;1-3-4-6(2)7-5-8;1-3-2/h5,7,9-10,12-17,20,24,31H,1,6,8,11,18-19H2,2-4H3;4-5H,3H2,1-2H3,(H,7,8);3H,1H2,2H3/b;6-4+;/t24-;;/m0../s1. The van der Waals surface area contributed by atoms with Crippen LogP contribution in [0.4, 0.5) is 4.39 Å². The van der Waals surface area contributed by atoms with E-state index in [0.29, 0.717) is 31.7 Å². The van der Waals surface area contributed by atoms with Crippen LogP contribution in [0.15, 0.2) is 91.7 Å². The van der Waals surface area contributed by atoms with Crippen LogP contribution in [0, 0.1) is 5.82 Å². The van der Waals surface area contributed by atoms with Crippen LogP contribution >= 0.6 is 0 Å². The molecule has 0 fully saturated rings. The van der Waals surface area contributed by atoms with Crippen molar-refractivity contribution in [3.8, 4) is 11.3 Å². The van der Waals surface area contributed by atoms with Gasteiger partial charge < -0.3 is 15.0 Å². The van der Waals surface area contributed by atoms with Gasteiger partial charge in [-0.2, -0.15) is 0 Å². The predicted octanol–water partition coefficient (Wildman–Crippen LogP) is 9.45. The molecule has 5 heteroatoms. The van der Waals surface area contributed by atoms with Gasteiger partial charge in [-0.1, -0.05) is 76.3 Å². The molecule has 0 radical (unpaired) electrons. The van der Waals surface area contributed by atoms with Crippen molar-refractivity contribution in [1.29, 1.82) is 0 Å². The number of rotatable bonds is 12. The van der Waals surface area contributed by atoms with Crippen molar-refractivity contribution in [1.82, 2.24) is 9.88 Å². The Morgan fingerprint density at radius 2 is 1.83 bits per heavy atom. The first-order chi connectivity index (χ1) is 20.2. The Bertz CT molecular complexity index is 1240. The highest BCUT2D eigenvalue weighted by Gasteiger charge is 2.26. The fourth-order valence-electron chi connectivity index (χ4n) is 4.95. The highest BCUT2D eigenvalue weighted by atomic mass is 19.1. The molecule has 42 heavy (non-hydrogen) atoms. The summed E-state index contributed by atoms with van der Waals surface area (Å²) in [5, 5.41) is 12.9. The molecule has 4 nitrogen and oxygen atoms in total. The molecule has 1 aliphatic carbocycles. The molecule has 0 bridgehead atoms. The SMILES string of the molecule is C=CC.C=CC[C@H](O)CCn1c(-c2ccc(F)cc2)c(C2=CC=CCC=C2)c(CC)c1C(C)C.CC/C=C(\C)NC=O. The van der Waals surface area contributed by atoms with Gasteiger partial charge in [0.1, 0.15) is 5.82 Å². The minimum Gasteiger partial charge on any atom is -0.393 e. The highest BCUT2D eigenvalue weighted by Crippen LogP contribution is 2.41. The van der Waals surface area contributed by atoms with Crippen LogP contribution in [0.2, 0.25) is 0 Å². The molecule has 2 N–H and O–H groups in total. The monoisotopic (exact) mass is 574 g/mol. The second-order valence-corrected chi connectivity index (χ2v) is 10.4. The van der Waals surface area contributed by atoms with Gasteiger partial charge in [-0.15, -0.1) is 13.2 Å². The Kier molecular flexibility index (Phi) is 17.5. The summed E-state index contributed by atoms with van der Waals surface area (Å²) in [5.74, 6) is 0.0893. The van der Waals surface area contributed by atoms with Crippen molar-refractivity contribution < 1.29 is 14.3 Å². The minimum atomic E-state index is -0.422. The second-order valence-electron chi connectivity index (χ2n) is 10.4. The number of halogens is 1. The third kappa shape index (κ3) is 11.3. The molecule has 0 aliphatic heterocycles. The number of aliphatic hydroxyl groups excluding tert-OH is 1. The summed E-state index contributed by atoms with van der Waals surface area (Å²) < 4.78 is 16.1. The van der Waals surface area contributed by atoms with Gasteiger partial charge in [-0.05, 0) is 92.8 Å². The fourth-order valence-corrected chi connectivity index (χ4v) is 4.95. The first-order valence-electron chi connectivity index (χ1n) is 15.0. The maximum atomic E-state index is 13.7. The Labute approximate surface area is 253 Å². The number of carbonyl (C=O) groups is 1. The lowest BCUT2D eigenvalue weighted by Crippen LogP contribution is -2.14. The zero-order valence-corrected chi connectivity index (χ0v) is 26.5. The topological polar surface area (TPSA) is 54.3 Å². The molecule has 0 saturated carbocycles. The number of allylic oxidation sites excluding steroid dienone is 9. The van der Waals surface area contributed by atoms with Crippen molar-refractivity contribution >= 4 is 12.0 Å². The fraction of sp³-hybridized carbons (Fsp3) is 0.378. The van der Waals surface area contributed by atoms with Gasteiger partial charge in [0.05, 0.1) is 11.8 Å². The van der Waals surface area contributed by atoms with Crippen molar-refractivity contribution in [2.45, 2.75) is 92.2 Å². The number of hydrogen-bond acceptors (Lipinski definition) is 2. The van der Waals surface area contributed by atoms with Gasteiger partial charge in [0.25, 0.3) is 0 Å². The zero-order valence-electron chi connectivity index (χ0n) is 26.5. The van der Waals surface area contributed by atoms with Gasteiger partial charge in [0.2, 0.25) is 6.41 Å². The maximum absolute atomic E-state index is 13.7. The quantitative estimate of drug-likeness (QED) is 0.196. The number of amides is 1. The molecule has 1 aromatic heterocycles. The Morgan fingerprint density at radius 3 is 2.38 bits per heavy atom. The predicted molar refractivity (Wildman–Crippen MR) is 179 cm³/mol. The van der Waals surface area contributed by atoms with E-state index in [4.69, 9.17) is 0 Å². The molecule has 1 aromatic carbocycles. The molecule has 0 unspecified atom stereocenters. The molecular weight excluding hydrogens is 523 g/mol. The molecule has 1 aliphatic rings. The molecule has 1 atom stereocenters. The maximum Gasteiger partial charge on any atom is 0.211 e. The Balaban J connectivity index is 0.000000684. The van der Waals surface area contributed by atoms with E-state index in [1.807, 2.05) is 39.0 Å². The molecule has 2 aromatic rings. The number of carbonyl (C=O) groups excluding carboxylic acids is 1. The molecular formula is C37H51FN2O2. The number of aliphatic hydroxyl groups is 1. The molecule has 0 saturated heterocycles. The van der Waals surface area contributed by atoms with Gasteiger partial charge in [0.15, 0.2) is 0 Å². The normalized spacial score (nSPS) is 13.2. The van der Waals surface area contributed by atoms with Crippen LogP contribution in [-0.2, 0) is 17.8 Å². The summed E-state index contributed by atoms with van der Waals surface area (Å²) in [5.41, 5.74) is 8.05. The lowest BCUT2D eigenvalue weighted by Gasteiger charge is -2.19. The number of nitrogens with zero attached hydrogens (tertiary/aromatic N) is 1. The van der Waals surface area contributed by atoms with E-state index >= 15 is 0 Å². The van der Waals surface area contributed by atoms with E-state index in [0.717, 1.165) is 36.2 Å². The van der Waals surface area contributed by atoms with E-state index in [-0.39, 0.29) is 5.82 Å². The summed E-state index contributed by atoms with van der Waals surface area (Å²) in [4.78, 5) is 9.74. The van der Waals surface area contributed by atoms with Gasteiger partial charge in [-0.3, -0.25) is 4.79 Å². The molecule has 3 rings (SSSR count). The van der Waals surface area contributed by atoms with Crippen LogP contribution in [0.25, 0.3) is 16.8 Å². The van der Waals surface area contributed by atoms with E-state index in [1.165, 1.54) is 34.5 Å². The first-order valence-corrected chi connectivity index (χ1v) is 15.0. The number of aromatic nitrogens is 1. The Hall–Kier alpha value is -3.70. The lowest BCUT2D eigenvalue weighted by molar-refractivity contribution is -0.108. The third-order valence-electron chi connectivity index (χ3n) is 6.62. The lowest BCUT2D eigenvalue weighted by atomic mass is 9.93. The zero-order chi connectivity index (χ0) is 31.5. The Morgan fingerprint density at radius 1 is 1.17 bits per heavy atom. The summed E-state index contributed by atoms with van der Waals surface area (Å²) in [6.45, 7) is 20.2. The summed E-state index contributed by atoms with van der Waals surface area (Å²) in [6, 6.07) is 6.79. The van der Waals surface area contributed by atoms with Gasteiger partial charge in [-0.25, -0.2) is 4.39 Å². The van der Waals surface area contributed by atoms with Crippen molar-refractivity contribution in [3.63, 3.8) is 0 Å². The van der Waals surface area contributed by atoms with E-state index in [1.54, 1.807) is 12.2 Å². The van der Waals surface area contributed by atoms with Crippen LogP contribution < -0.4 is 5.32 Å². The number of hydrogen-bond donors (Lipinski definition) is 2. The van der Waals surface area contributed by atoms with Gasteiger partial charge in [0, 0.05) is 23.5 Å². The first kappa shape index (κ1) is 36.3. The molecule has 1 amide bonds. The highest BCUT2D eigenvalue weighted by molar-refractivity contribution is 5.88. The minimum absolute atomic E-state index is 0.235. The van der Waals surface area contributed by atoms with Crippen LogP contribution in [0.5, 0.6) is 0 Å². The van der Waals surface area contributed by atoms with Crippen molar-refractivity contribution in [2.24, 2.45) is 0 Å². The van der Waals surface area contributed by atoms with Gasteiger partial charge >= 0.3 is 0 Å². The average molecular weight is 575 g/mol. The molecule has 0 spiro atoms. The number of benzene rings is 1. The van der Waals surface area contributed by atoms with E-state index in [9.17, 15) is 14.3 Å². The average Bonchev–Trinajstić information content (AvgIpc) is 3.07. The summed E-state index contributed by atoms with van der Waals surface area (Å²) in [6.07, 6.45) is 20.6. The molecule has 1 heterocycles. The second kappa shape index (κ2) is 20.2. The van der Waals surface area contributed by atoms with E-state index in [2.05, 4.69) is 74.2 Å². The van der Waals surface area contributed by atoms with Crippen LogP contribution in [-0.4, -0.2) is 22.2 Å². The van der Waals surface area contributed by atoms with Crippen LogP contribution in [0.1, 0.15) is 90.0 Å². The molecule has 228 valence electrons. The van der Waals surface area contributed by atoms with Crippen LogP contribution in [0.3, 0.4) is 0 Å². The summed E-state index contributed by atoms with van der Waals surface area (Å²) in [7, 11) is 0.